The number of phosphoric ester groups is 4. The summed E-state index contributed by atoms with van der Waals surface area (Å²) in [6.45, 7) is 4.58. The molecule has 2 saturated heterocycles. The smallest absolute Gasteiger partial charge is 0.396 e. The summed E-state index contributed by atoms with van der Waals surface area (Å²) in [5.74, 6) is 2.05. The minimum absolute atomic E-state index is 0.0152. The van der Waals surface area contributed by atoms with Gasteiger partial charge in [-0.2, -0.15) is 8.62 Å². The standard InChI is InChI=1S/2C13H19N5O9P2.2C13H17N5O3.C12H18N4O9P2.C12H16N4O3/c2*1-5-16-11(14)7-12(17-5)18(4-15-7)8-6-2-13(6,10(20)9(8)19)3-26-29(24,25)27-28(21,22)23;2*1-5-16-11(14)7-12(17-5)18(4-15-7)8-6-2-13(6,3-19)10(21)9(8)20;1-13-7-2-3-14-12-11(7)15-6-16(12)10-4-8(25-27(20,21)22)9(24-10)5-23-26(17,18)19;1-13-7-2-3-14-12-11(7)15-6-16(12)10-4-8(18)9(5-17)19-10/h2*4,6,8-10,19-20H,2-3H2,1H3,(H,24,25)(H2,14,16,17)(H2,21,22,23);2*4,6,8-10,19-21H,2-3H2,1H3,(H2,14,16,17);2-3,6,8-10H,4-5H2,1H3,(H,13,14)(H2,17,18,19)(H2,20,21,22);2-3,6,8-10,17-18H,4-5H2,1H3,(H,13,14)/t4*6-,8-,9+,10+,13+;2*8-,9+,10+/m111100/s1. The fourth-order valence-electron chi connectivity index (χ4n) is 21.2. The van der Waals surface area contributed by atoms with E-state index in [1.54, 1.807) is 99.6 Å². The second kappa shape index (κ2) is 39.6. The zero-order valence-corrected chi connectivity index (χ0v) is 82.7. The quantitative estimate of drug-likeness (QED) is 0.0239. The lowest BCUT2D eigenvalue weighted by molar-refractivity contribution is -0.0432. The highest BCUT2D eigenvalue weighted by atomic mass is 31.3. The number of nitrogens with two attached hydrogens (primary N) is 4. The molecule has 12 aromatic heterocycles. The highest BCUT2D eigenvalue weighted by Gasteiger charge is 2.75. The van der Waals surface area contributed by atoms with E-state index in [2.05, 4.69) is 104 Å². The molecule has 0 amide bonds. The molecule has 2 aliphatic heterocycles. The number of aromatic nitrogens is 22. The van der Waals surface area contributed by atoms with Crippen molar-refractivity contribution in [2.45, 2.75) is 176 Å². The maximum atomic E-state index is 11.7. The number of rotatable bonds is 26. The molecule has 2 unspecified atom stereocenters. The lowest BCUT2D eigenvalue weighted by atomic mass is 10.0. The number of nitrogens with one attached hydrogen (secondary N) is 2. The first-order valence-electron chi connectivity index (χ1n) is 44.5. The Morgan fingerprint density at radius 2 is 0.685 bits per heavy atom. The van der Waals surface area contributed by atoms with Gasteiger partial charge < -0.3 is 172 Å². The fourth-order valence-corrected chi connectivity index (χ4v) is 25.4. The number of imidazole rings is 6. The molecule has 70 heteroatoms. The van der Waals surface area contributed by atoms with Crippen molar-refractivity contribution in [2.24, 2.45) is 45.3 Å². The van der Waals surface area contributed by atoms with Crippen molar-refractivity contribution in [3.63, 3.8) is 0 Å². The van der Waals surface area contributed by atoms with Crippen molar-refractivity contribution >= 4 is 149 Å². The van der Waals surface area contributed by atoms with Crippen LogP contribution in [0.1, 0.15) is 98.4 Å². The van der Waals surface area contributed by atoms with Gasteiger partial charge in [-0.1, -0.05) is 0 Å². The normalized spacial score (nSPS) is 32.2. The predicted octanol–water partition coefficient (Wildman–Crippen LogP) is -3.10. The Kier molecular flexibility index (Phi) is 29.2. The monoisotopic (exact) mass is 2170 g/mol. The molecule has 32 N–H and O–H groups in total. The minimum Gasteiger partial charge on any atom is -0.396 e. The third-order valence-electron chi connectivity index (χ3n) is 28.3. The summed E-state index contributed by atoms with van der Waals surface area (Å²) in [7, 11) is -26.8. The fraction of sp³-hybridized carbons (Fsp3) is 0.579. The predicted molar refractivity (Wildman–Crippen MR) is 495 cm³/mol. The van der Waals surface area contributed by atoms with Gasteiger partial charge in [0, 0.05) is 61.0 Å². The lowest BCUT2D eigenvalue weighted by Crippen LogP contribution is -2.35. The van der Waals surface area contributed by atoms with Crippen LogP contribution >= 0.6 is 46.9 Å². The van der Waals surface area contributed by atoms with Crippen LogP contribution in [0.5, 0.6) is 0 Å². The summed E-state index contributed by atoms with van der Waals surface area (Å²) >= 11 is 0. The zero-order valence-electron chi connectivity index (χ0n) is 77.3. The van der Waals surface area contributed by atoms with Crippen LogP contribution in [0.4, 0.5) is 34.6 Å². The van der Waals surface area contributed by atoms with Crippen LogP contribution in [-0.2, 0) is 63.6 Å². The van der Waals surface area contributed by atoms with Gasteiger partial charge in [0.05, 0.1) is 144 Å². The van der Waals surface area contributed by atoms with Crippen LogP contribution in [0, 0.1) is 73.0 Å². The van der Waals surface area contributed by atoms with Crippen molar-refractivity contribution in [1.82, 2.24) is 107 Å². The van der Waals surface area contributed by atoms with Crippen LogP contribution in [0.25, 0.3) is 67.0 Å². The molecule has 10 aliphatic rings. The Hall–Kier alpha value is -9.58. The van der Waals surface area contributed by atoms with Gasteiger partial charge in [0.15, 0.2) is 57.2 Å². The van der Waals surface area contributed by atoms with Gasteiger partial charge in [-0.3, -0.25) is 27.2 Å². The highest BCUT2D eigenvalue weighted by molar-refractivity contribution is 7.61. The van der Waals surface area contributed by atoms with E-state index in [0.29, 0.717) is 129 Å². The van der Waals surface area contributed by atoms with Gasteiger partial charge in [-0.05, 0) is 89.2 Å². The van der Waals surface area contributed by atoms with E-state index in [1.807, 2.05) is 13.1 Å². The molecule has 0 spiro atoms. The molecule has 0 radical (unpaired) electrons. The van der Waals surface area contributed by atoms with E-state index in [9.17, 15) is 93.3 Å². The van der Waals surface area contributed by atoms with E-state index in [4.69, 9.17) is 90.2 Å². The third kappa shape index (κ3) is 20.5. The highest BCUT2D eigenvalue weighted by Crippen LogP contribution is 2.73. The molecule has 8 saturated carbocycles. The number of nitrogen functional groups attached to an aromatic ring is 4. The molecule has 0 aromatic carbocycles. The summed E-state index contributed by atoms with van der Waals surface area (Å²) in [6, 6.07) is 1.52. The van der Waals surface area contributed by atoms with Gasteiger partial charge in [-0.25, -0.2) is 107 Å². The van der Waals surface area contributed by atoms with Crippen molar-refractivity contribution in [3.05, 3.63) is 85.8 Å². The molecule has 14 heterocycles. The minimum atomic E-state index is -5.26. The Labute approximate surface area is 820 Å². The van der Waals surface area contributed by atoms with Crippen LogP contribution in [0.3, 0.4) is 0 Å². The first-order valence-corrected chi connectivity index (χ1v) is 53.6. The topological polar surface area (TPSA) is 985 Å². The Morgan fingerprint density at radius 3 is 0.979 bits per heavy atom. The van der Waals surface area contributed by atoms with E-state index >= 15 is 0 Å². The Bertz CT molecular complexity index is 6960. The number of nitrogens with zero attached hydrogens (tertiary/aromatic N) is 22. The second-order valence-electron chi connectivity index (χ2n) is 37.0. The molecule has 0 bridgehead atoms. The lowest BCUT2D eigenvalue weighted by Gasteiger charge is -2.24. The number of hydrogen-bond acceptors (Lipinski definition) is 48. The van der Waals surface area contributed by atoms with Crippen molar-refractivity contribution in [1.29, 1.82) is 0 Å². The number of pyridine rings is 2. The molecule has 28 atom stereocenters. The number of ether oxygens (including phenoxy) is 2. The van der Waals surface area contributed by atoms with E-state index in [-0.39, 0.29) is 79.9 Å². The first kappa shape index (κ1) is 108. The summed E-state index contributed by atoms with van der Waals surface area (Å²) in [6.07, 6.45) is 1.14. The van der Waals surface area contributed by atoms with Crippen LogP contribution in [0.15, 0.2) is 62.5 Å². The van der Waals surface area contributed by atoms with E-state index in [0.717, 1.165) is 16.9 Å². The maximum absolute atomic E-state index is 11.7. The average Bonchev–Trinajstić information content (AvgIpc) is 1.53. The molecule has 12 aromatic rings. The number of fused-ring (bicyclic) bond motifs is 10. The van der Waals surface area contributed by atoms with Crippen molar-refractivity contribution < 1.29 is 174 Å². The van der Waals surface area contributed by atoms with E-state index in [1.165, 1.54) is 19.0 Å². The Balaban J connectivity index is 0.000000121. The largest absolute Gasteiger partial charge is 0.481 e. The van der Waals surface area contributed by atoms with Gasteiger partial charge >= 0.3 is 46.9 Å². The molecular formula is C76H106N28O36P6. The van der Waals surface area contributed by atoms with Gasteiger partial charge in [0.25, 0.3) is 0 Å². The second-order valence-corrected chi connectivity index (χ2v) is 45.1. The van der Waals surface area contributed by atoms with Crippen molar-refractivity contribution in [2.75, 3.05) is 87.3 Å². The van der Waals surface area contributed by atoms with Gasteiger partial charge in [0.2, 0.25) is 0 Å². The number of aryl methyl sites for hydroxylation is 4. The molecule has 796 valence electrons. The van der Waals surface area contributed by atoms with E-state index < -0.39 is 180 Å². The van der Waals surface area contributed by atoms with Crippen LogP contribution in [-0.4, -0.2) is 344 Å². The zero-order chi connectivity index (χ0) is 106. The number of aliphatic hydroxyl groups excluding tert-OH is 12. The number of hydrogen-bond donors (Lipinski definition) is 28. The summed E-state index contributed by atoms with van der Waals surface area (Å²) in [5, 5.41) is 127. The summed E-state index contributed by atoms with van der Waals surface area (Å²) in [4.78, 5) is 157. The third-order valence-corrected chi connectivity index (χ3v) is 33.6. The van der Waals surface area contributed by atoms with Crippen molar-refractivity contribution in [3.8, 4) is 0 Å². The molecule has 10 fully saturated rings. The maximum Gasteiger partial charge on any atom is 0.481 e. The summed E-state index contributed by atoms with van der Waals surface area (Å²) < 4.78 is 114. The SMILES string of the molecule is CNc1ccnc2c1ncn2[C@H]1C[C@H](O)[C@@H](CO)O1.CNc1ccnc2c1ncn2[C@H]1C[C@H](OP(=O)(O)O)[C@@H](COP(=O)(O)O)O1.Cc1nc(N)c2ncn([C@H]3[C@H](O)[C@H](O)[C@]4(CO)C[C@H]34)c2n1.Cc1nc(N)c2ncn([C@H]3[C@H](O)[C@H](O)[C@]4(CO)C[C@H]34)c2n1.Cc1nc(N)c2ncn([C@H]3[C@H](O)[C@H](O)[C@]4(COP(=O)(O)OP(=O)(O)O)C[C@H]34)c2n1.Cc1nc(N)c2ncn([C@H]3[C@H](O)[C@H](O)[C@]4(COP(=O)(O)OP(=O)(O)O)C[C@H]34)c2n1. The van der Waals surface area contributed by atoms with Crippen LogP contribution < -0.4 is 33.6 Å². The molecule has 146 heavy (non-hydrogen) atoms. The summed E-state index contributed by atoms with van der Waals surface area (Å²) in [5.41, 5.74) is 27.6. The average molecular weight is 2170 g/mol. The molecule has 8 aliphatic carbocycles. The first-order chi connectivity index (χ1) is 68.5. The van der Waals surface area contributed by atoms with Gasteiger partial charge in [0.1, 0.15) is 112 Å². The molecule has 64 nitrogen and oxygen atoms in total. The molecular weight excluding hydrogens is 2070 g/mol. The number of anilines is 6. The number of phosphoric acid groups is 6. The Morgan fingerprint density at radius 1 is 0.384 bits per heavy atom. The number of aliphatic hydroxyl groups is 12. The molecule has 22 rings (SSSR count). The van der Waals surface area contributed by atoms with Gasteiger partial charge in [-0.15, -0.1) is 0 Å². The van der Waals surface area contributed by atoms with Crippen LogP contribution in [0.2, 0.25) is 0 Å².